The molecule has 0 saturated carbocycles. The highest BCUT2D eigenvalue weighted by Crippen LogP contribution is 2.25. The van der Waals surface area contributed by atoms with Gasteiger partial charge in [-0.25, -0.2) is 0 Å². The molecule has 3 rings (SSSR count). The fourth-order valence-corrected chi connectivity index (χ4v) is 2.47. The highest BCUT2D eigenvalue weighted by Gasteiger charge is 2.20. The first-order chi connectivity index (χ1) is 7.84. The van der Waals surface area contributed by atoms with Crippen LogP contribution >= 0.6 is 0 Å². The van der Waals surface area contributed by atoms with Crippen molar-refractivity contribution in [2.75, 3.05) is 6.54 Å². The molecule has 2 heterocycles. The molecule has 0 aliphatic carbocycles. The lowest BCUT2D eigenvalue weighted by Crippen LogP contribution is -2.33. The van der Waals surface area contributed by atoms with Crippen LogP contribution in [0.15, 0.2) is 42.6 Å². The largest absolute Gasteiger partial charge is 0.348 e. The standard InChI is InChI=1S/C14H16N2/c1-11-4-2-5-12(10-11)14-13-6-3-8-16(13)9-7-15-14/h2-6,8,10,14-15H,7,9H2,1H3. The second-order valence-corrected chi connectivity index (χ2v) is 4.43. The van der Waals surface area contributed by atoms with Gasteiger partial charge in [0, 0.05) is 25.0 Å². The maximum Gasteiger partial charge on any atom is 0.0731 e. The molecule has 1 unspecified atom stereocenters. The third-order valence-electron chi connectivity index (χ3n) is 3.24. The summed E-state index contributed by atoms with van der Waals surface area (Å²) in [7, 11) is 0. The van der Waals surface area contributed by atoms with Crippen molar-refractivity contribution in [2.45, 2.75) is 19.5 Å². The molecule has 1 aliphatic heterocycles. The summed E-state index contributed by atoms with van der Waals surface area (Å²) in [5, 5.41) is 3.58. The zero-order chi connectivity index (χ0) is 11.0. The molecule has 1 N–H and O–H groups in total. The normalized spacial score (nSPS) is 19.4. The highest BCUT2D eigenvalue weighted by atomic mass is 15.1. The maximum absolute atomic E-state index is 3.58. The third kappa shape index (κ3) is 1.55. The molecular formula is C14H16N2. The molecule has 2 heteroatoms. The van der Waals surface area contributed by atoms with Crippen molar-refractivity contribution in [1.29, 1.82) is 0 Å². The van der Waals surface area contributed by atoms with Crippen LogP contribution in [-0.4, -0.2) is 11.1 Å². The fourth-order valence-electron chi connectivity index (χ4n) is 2.47. The first-order valence-corrected chi connectivity index (χ1v) is 5.79. The summed E-state index contributed by atoms with van der Waals surface area (Å²) in [4.78, 5) is 0. The van der Waals surface area contributed by atoms with E-state index in [1.807, 2.05) is 0 Å². The Morgan fingerprint density at radius 3 is 3.06 bits per heavy atom. The lowest BCUT2D eigenvalue weighted by Gasteiger charge is -2.27. The van der Waals surface area contributed by atoms with Crippen LogP contribution in [0.5, 0.6) is 0 Å². The number of rotatable bonds is 1. The molecular weight excluding hydrogens is 196 g/mol. The number of aromatic nitrogens is 1. The number of hydrogen-bond donors (Lipinski definition) is 1. The van der Waals surface area contributed by atoms with E-state index in [0.717, 1.165) is 13.1 Å². The second kappa shape index (κ2) is 3.80. The Hall–Kier alpha value is -1.54. The van der Waals surface area contributed by atoms with Gasteiger partial charge in [-0.05, 0) is 24.6 Å². The van der Waals surface area contributed by atoms with Crippen LogP contribution in [0, 0.1) is 6.92 Å². The lowest BCUT2D eigenvalue weighted by atomic mass is 10.0. The molecule has 2 nitrogen and oxygen atoms in total. The van der Waals surface area contributed by atoms with Gasteiger partial charge in [-0.3, -0.25) is 0 Å². The highest BCUT2D eigenvalue weighted by molar-refractivity contribution is 5.32. The molecule has 0 spiro atoms. The lowest BCUT2D eigenvalue weighted by molar-refractivity contribution is 0.467. The first kappa shape index (κ1) is 9.67. The molecule has 0 bridgehead atoms. The van der Waals surface area contributed by atoms with Crippen molar-refractivity contribution in [3.05, 3.63) is 59.4 Å². The summed E-state index contributed by atoms with van der Waals surface area (Å²) in [5.41, 5.74) is 4.06. The van der Waals surface area contributed by atoms with Gasteiger partial charge >= 0.3 is 0 Å². The minimum atomic E-state index is 0.351. The van der Waals surface area contributed by atoms with Crippen LogP contribution in [0.4, 0.5) is 0 Å². The van der Waals surface area contributed by atoms with Gasteiger partial charge in [-0.15, -0.1) is 0 Å². The van der Waals surface area contributed by atoms with E-state index in [1.54, 1.807) is 0 Å². The van der Waals surface area contributed by atoms with E-state index in [-0.39, 0.29) is 0 Å². The van der Waals surface area contributed by atoms with Gasteiger partial charge in [-0.1, -0.05) is 29.8 Å². The molecule has 0 fully saturated rings. The Morgan fingerprint density at radius 1 is 1.25 bits per heavy atom. The summed E-state index contributed by atoms with van der Waals surface area (Å²) >= 11 is 0. The average molecular weight is 212 g/mol. The quantitative estimate of drug-likeness (QED) is 0.768. The van der Waals surface area contributed by atoms with Crippen molar-refractivity contribution in [3.8, 4) is 0 Å². The zero-order valence-electron chi connectivity index (χ0n) is 9.48. The van der Waals surface area contributed by atoms with Gasteiger partial charge in [0.15, 0.2) is 0 Å². The number of fused-ring (bicyclic) bond motifs is 1. The Kier molecular flexibility index (Phi) is 2.29. The molecule has 0 saturated heterocycles. The molecule has 2 aromatic rings. The van der Waals surface area contributed by atoms with Gasteiger partial charge in [0.1, 0.15) is 0 Å². The number of benzene rings is 1. The van der Waals surface area contributed by atoms with E-state index in [4.69, 9.17) is 0 Å². The van der Waals surface area contributed by atoms with E-state index in [9.17, 15) is 0 Å². The van der Waals surface area contributed by atoms with Crippen molar-refractivity contribution in [3.63, 3.8) is 0 Å². The third-order valence-corrected chi connectivity index (χ3v) is 3.24. The minimum Gasteiger partial charge on any atom is -0.348 e. The van der Waals surface area contributed by atoms with Gasteiger partial charge in [0.05, 0.1) is 6.04 Å². The SMILES string of the molecule is Cc1cccc(C2NCCn3cccc32)c1. The Morgan fingerprint density at radius 2 is 2.19 bits per heavy atom. The Bertz CT molecular complexity index is 499. The maximum atomic E-state index is 3.58. The van der Waals surface area contributed by atoms with E-state index >= 15 is 0 Å². The summed E-state index contributed by atoms with van der Waals surface area (Å²) in [5.74, 6) is 0. The van der Waals surface area contributed by atoms with Gasteiger partial charge in [0.2, 0.25) is 0 Å². The van der Waals surface area contributed by atoms with Crippen LogP contribution in [0.25, 0.3) is 0 Å². The Labute approximate surface area is 95.9 Å². The molecule has 82 valence electrons. The number of nitrogens with zero attached hydrogens (tertiary/aromatic N) is 1. The minimum absolute atomic E-state index is 0.351. The van der Waals surface area contributed by atoms with Crippen LogP contribution < -0.4 is 5.32 Å². The van der Waals surface area contributed by atoms with E-state index in [2.05, 4.69) is 59.4 Å². The summed E-state index contributed by atoms with van der Waals surface area (Å²) in [6.45, 7) is 4.26. The van der Waals surface area contributed by atoms with E-state index in [0.29, 0.717) is 6.04 Å². The van der Waals surface area contributed by atoms with Gasteiger partial charge in [0.25, 0.3) is 0 Å². The molecule has 1 atom stereocenters. The van der Waals surface area contributed by atoms with Crippen molar-refractivity contribution in [1.82, 2.24) is 9.88 Å². The number of nitrogens with one attached hydrogen (secondary N) is 1. The van der Waals surface area contributed by atoms with Crippen molar-refractivity contribution >= 4 is 0 Å². The monoisotopic (exact) mass is 212 g/mol. The summed E-state index contributed by atoms with van der Waals surface area (Å²) in [6.07, 6.45) is 2.17. The van der Waals surface area contributed by atoms with Crippen LogP contribution in [0.3, 0.4) is 0 Å². The second-order valence-electron chi connectivity index (χ2n) is 4.43. The summed E-state index contributed by atoms with van der Waals surface area (Å²) in [6, 6.07) is 13.4. The summed E-state index contributed by atoms with van der Waals surface area (Å²) < 4.78 is 2.34. The number of aryl methyl sites for hydroxylation is 1. The van der Waals surface area contributed by atoms with Crippen LogP contribution in [-0.2, 0) is 6.54 Å². The average Bonchev–Trinajstić information content (AvgIpc) is 2.76. The molecule has 16 heavy (non-hydrogen) atoms. The molecule has 1 aliphatic rings. The predicted molar refractivity (Wildman–Crippen MR) is 65.5 cm³/mol. The molecule has 0 amide bonds. The first-order valence-electron chi connectivity index (χ1n) is 5.79. The Balaban J connectivity index is 2.04. The van der Waals surface area contributed by atoms with Crippen molar-refractivity contribution in [2.24, 2.45) is 0 Å². The smallest absolute Gasteiger partial charge is 0.0731 e. The van der Waals surface area contributed by atoms with Gasteiger partial charge in [-0.2, -0.15) is 0 Å². The molecule has 1 aromatic heterocycles. The zero-order valence-corrected chi connectivity index (χ0v) is 9.48. The molecule has 0 radical (unpaired) electrons. The number of hydrogen-bond acceptors (Lipinski definition) is 1. The van der Waals surface area contributed by atoms with E-state index < -0.39 is 0 Å². The van der Waals surface area contributed by atoms with Crippen LogP contribution in [0.1, 0.15) is 22.9 Å². The fraction of sp³-hybridized carbons (Fsp3) is 0.286. The molecule has 1 aromatic carbocycles. The topological polar surface area (TPSA) is 17.0 Å². The van der Waals surface area contributed by atoms with Gasteiger partial charge < -0.3 is 9.88 Å². The predicted octanol–water partition coefficient (Wildman–Crippen LogP) is 2.49. The van der Waals surface area contributed by atoms with Crippen molar-refractivity contribution < 1.29 is 0 Å². The van der Waals surface area contributed by atoms with E-state index in [1.165, 1.54) is 16.8 Å². The van der Waals surface area contributed by atoms with Crippen LogP contribution in [0.2, 0.25) is 0 Å².